The molecule has 0 atom stereocenters. The van der Waals surface area contributed by atoms with E-state index in [-0.39, 0.29) is 5.78 Å². The molecule has 0 saturated carbocycles. The maximum absolute atomic E-state index is 11.9. The molecule has 0 saturated heterocycles. The fourth-order valence-electron chi connectivity index (χ4n) is 1.99. The quantitative estimate of drug-likeness (QED) is 0.688. The summed E-state index contributed by atoms with van der Waals surface area (Å²) in [5.74, 6) is -0.0808. The summed E-state index contributed by atoms with van der Waals surface area (Å²) in [7, 11) is 0. The topological polar surface area (TPSA) is 68.6 Å². The van der Waals surface area contributed by atoms with Gasteiger partial charge in [0.1, 0.15) is 11.4 Å². The van der Waals surface area contributed by atoms with E-state index in [9.17, 15) is 4.79 Å². The molecular weight excluding hydrogens is 264 g/mol. The number of hydrogen-bond donors (Lipinski definition) is 0. The molecule has 3 aromatic rings. The number of hydrogen-bond acceptors (Lipinski definition) is 5. The van der Waals surface area contributed by atoms with Gasteiger partial charge in [0.05, 0.1) is 11.4 Å². The van der Waals surface area contributed by atoms with Crippen LogP contribution >= 0.6 is 0 Å². The van der Waals surface area contributed by atoms with Crippen LogP contribution in [0.25, 0.3) is 22.8 Å². The highest BCUT2D eigenvalue weighted by atomic mass is 16.1. The third kappa shape index (κ3) is 2.67. The number of carbonyl (C=O) groups is 1. The molecule has 102 valence electrons. The van der Waals surface area contributed by atoms with Crippen molar-refractivity contribution in [2.45, 2.75) is 6.92 Å². The number of pyridine rings is 2. The summed E-state index contributed by atoms with van der Waals surface area (Å²) < 4.78 is 0. The Hall–Kier alpha value is -2.95. The van der Waals surface area contributed by atoms with Crippen LogP contribution in [0, 0.1) is 0 Å². The van der Waals surface area contributed by atoms with E-state index in [0.717, 1.165) is 0 Å². The zero-order chi connectivity index (χ0) is 14.7. The van der Waals surface area contributed by atoms with E-state index < -0.39 is 0 Å². The van der Waals surface area contributed by atoms with Gasteiger partial charge in [-0.05, 0) is 37.3 Å². The maximum atomic E-state index is 11.9. The second-order valence-corrected chi connectivity index (χ2v) is 4.48. The fraction of sp³-hybridized carbons (Fsp3) is 0.0625. The maximum Gasteiger partial charge on any atom is 0.162 e. The Kier molecular flexibility index (Phi) is 3.47. The Morgan fingerprint density at radius 3 is 2.10 bits per heavy atom. The van der Waals surface area contributed by atoms with Gasteiger partial charge in [-0.2, -0.15) is 0 Å². The van der Waals surface area contributed by atoms with Crippen LogP contribution in [0.3, 0.4) is 0 Å². The Balaban J connectivity index is 2.14. The highest BCUT2D eigenvalue weighted by Crippen LogP contribution is 2.22. The molecule has 0 aliphatic heterocycles. The smallest absolute Gasteiger partial charge is 0.162 e. The summed E-state index contributed by atoms with van der Waals surface area (Å²) >= 11 is 0. The Morgan fingerprint density at radius 1 is 0.857 bits per heavy atom. The minimum atomic E-state index is -0.0808. The van der Waals surface area contributed by atoms with Gasteiger partial charge in [0.2, 0.25) is 0 Å². The van der Waals surface area contributed by atoms with E-state index in [0.29, 0.717) is 28.3 Å². The summed E-state index contributed by atoms with van der Waals surface area (Å²) in [6.07, 6.45) is 3.34. The molecule has 0 radical (unpaired) electrons. The second kappa shape index (κ2) is 5.58. The van der Waals surface area contributed by atoms with Crippen molar-refractivity contribution in [2.24, 2.45) is 0 Å². The molecule has 0 aliphatic rings. The van der Waals surface area contributed by atoms with Gasteiger partial charge in [-0.25, -0.2) is 0 Å². The Labute approximate surface area is 121 Å². The predicted octanol–water partition coefficient (Wildman–Crippen LogP) is 2.80. The zero-order valence-corrected chi connectivity index (χ0v) is 11.4. The molecule has 0 N–H and O–H groups in total. The summed E-state index contributed by atoms with van der Waals surface area (Å²) in [6.45, 7) is 1.51. The summed E-state index contributed by atoms with van der Waals surface area (Å²) in [4.78, 5) is 20.4. The number of carbonyl (C=O) groups excluding carboxylic acids is 1. The fourth-order valence-corrected chi connectivity index (χ4v) is 1.99. The second-order valence-electron chi connectivity index (χ2n) is 4.48. The Morgan fingerprint density at radius 2 is 1.52 bits per heavy atom. The van der Waals surface area contributed by atoms with Crippen molar-refractivity contribution in [1.82, 2.24) is 20.2 Å². The molecule has 0 unspecified atom stereocenters. The zero-order valence-electron chi connectivity index (χ0n) is 11.4. The lowest BCUT2D eigenvalue weighted by molar-refractivity contribution is 0.101. The van der Waals surface area contributed by atoms with Crippen molar-refractivity contribution >= 4 is 5.78 Å². The van der Waals surface area contributed by atoms with Gasteiger partial charge in [0.25, 0.3) is 0 Å². The SMILES string of the molecule is CC(=O)c1cc(-c2ccccn2)nnc1-c1ccccn1. The predicted molar refractivity (Wildman–Crippen MR) is 78.5 cm³/mol. The average molecular weight is 276 g/mol. The molecule has 0 aromatic carbocycles. The highest BCUT2D eigenvalue weighted by Gasteiger charge is 2.15. The highest BCUT2D eigenvalue weighted by molar-refractivity contribution is 6.00. The molecule has 0 spiro atoms. The lowest BCUT2D eigenvalue weighted by Gasteiger charge is -2.06. The molecule has 3 aromatic heterocycles. The van der Waals surface area contributed by atoms with Crippen LogP contribution in [0.15, 0.2) is 54.9 Å². The van der Waals surface area contributed by atoms with E-state index in [1.807, 2.05) is 30.3 Å². The average Bonchev–Trinajstić information content (AvgIpc) is 2.56. The number of Topliss-reactive ketones (excluding diaryl/α,β-unsaturated/α-hetero) is 1. The number of ketones is 1. The molecule has 0 bridgehead atoms. The van der Waals surface area contributed by atoms with Gasteiger partial charge in [-0.3, -0.25) is 14.8 Å². The normalized spacial score (nSPS) is 10.3. The van der Waals surface area contributed by atoms with Gasteiger partial charge in [0, 0.05) is 18.0 Å². The molecule has 0 aliphatic carbocycles. The first-order chi connectivity index (χ1) is 10.3. The third-order valence-corrected chi connectivity index (χ3v) is 3.01. The summed E-state index contributed by atoms with van der Waals surface area (Å²) in [5.41, 5.74) is 2.86. The van der Waals surface area contributed by atoms with Crippen LogP contribution in [0.2, 0.25) is 0 Å². The molecule has 5 heteroatoms. The van der Waals surface area contributed by atoms with Gasteiger partial charge >= 0.3 is 0 Å². The standard InChI is InChI=1S/C16H12N4O/c1-11(21)12-10-15(13-6-2-4-8-17-13)19-20-16(12)14-7-3-5-9-18-14/h2-10H,1H3. The lowest BCUT2D eigenvalue weighted by Crippen LogP contribution is -2.03. The number of aromatic nitrogens is 4. The molecule has 3 heterocycles. The van der Waals surface area contributed by atoms with Crippen molar-refractivity contribution in [3.8, 4) is 22.8 Å². The van der Waals surface area contributed by atoms with Gasteiger partial charge in [0.15, 0.2) is 5.78 Å². The van der Waals surface area contributed by atoms with Crippen LogP contribution in [-0.2, 0) is 0 Å². The largest absolute Gasteiger partial charge is 0.294 e. The molecule has 0 fully saturated rings. The number of nitrogens with zero attached hydrogens (tertiary/aromatic N) is 4. The van der Waals surface area contributed by atoms with Crippen LogP contribution < -0.4 is 0 Å². The van der Waals surface area contributed by atoms with Crippen molar-refractivity contribution in [1.29, 1.82) is 0 Å². The van der Waals surface area contributed by atoms with Gasteiger partial charge in [-0.1, -0.05) is 12.1 Å². The van der Waals surface area contributed by atoms with Crippen molar-refractivity contribution in [3.63, 3.8) is 0 Å². The van der Waals surface area contributed by atoms with E-state index in [4.69, 9.17) is 0 Å². The third-order valence-electron chi connectivity index (χ3n) is 3.01. The van der Waals surface area contributed by atoms with Gasteiger partial charge in [-0.15, -0.1) is 10.2 Å². The van der Waals surface area contributed by atoms with E-state index >= 15 is 0 Å². The van der Waals surface area contributed by atoms with Gasteiger partial charge < -0.3 is 0 Å². The molecule has 21 heavy (non-hydrogen) atoms. The molecule has 5 nitrogen and oxygen atoms in total. The Bertz CT molecular complexity index is 773. The van der Waals surface area contributed by atoms with E-state index in [2.05, 4.69) is 20.2 Å². The van der Waals surface area contributed by atoms with Crippen LogP contribution in [-0.4, -0.2) is 25.9 Å². The first-order valence-electron chi connectivity index (χ1n) is 6.47. The summed E-state index contributed by atoms with van der Waals surface area (Å²) in [6, 6.07) is 12.7. The first-order valence-corrected chi connectivity index (χ1v) is 6.47. The monoisotopic (exact) mass is 276 g/mol. The van der Waals surface area contributed by atoms with Crippen molar-refractivity contribution < 1.29 is 4.79 Å². The van der Waals surface area contributed by atoms with Crippen LogP contribution in [0.4, 0.5) is 0 Å². The lowest BCUT2D eigenvalue weighted by atomic mass is 10.1. The van der Waals surface area contributed by atoms with Crippen molar-refractivity contribution in [2.75, 3.05) is 0 Å². The first kappa shape index (κ1) is 13.1. The minimum Gasteiger partial charge on any atom is -0.294 e. The van der Waals surface area contributed by atoms with E-state index in [1.54, 1.807) is 24.5 Å². The molecule has 0 amide bonds. The van der Waals surface area contributed by atoms with E-state index in [1.165, 1.54) is 6.92 Å². The van der Waals surface area contributed by atoms with Crippen molar-refractivity contribution in [3.05, 3.63) is 60.4 Å². The molecule has 3 rings (SSSR count). The number of rotatable bonds is 3. The summed E-state index contributed by atoms with van der Waals surface area (Å²) in [5, 5.41) is 8.34. The van der Waals surface area contributed by atoms with Crippen LogP contribution in [0.1, 0.15) is 17.3 Å². The minimum absolute atomic E-state index is 0.0808. The molecular formula is C16H12N4O. The van der Waals surface area contributed by atoms with Crippen LogP contribution in [0.5, 0.6) is 0 Å².